The van der Waals surface area contributed by atoms with E-state index in [0.29, 0.717) is 12.3 Å². The van der Waals surface area contributed by atoms with Gasteiger partial charge in [-0.1, -0.05) is 18.2 Å². The van der Waals surface area contributed by atoms with Crippen LogP contribution in [0.4, 0.5) is 5.69 Å². The van der Waals surface area contributed by atoms with E-state index in [0.717, 1.165) is 42.5 Å². The summed E-state index contributed by atoms with van der Waals surface area (Å²) >= 11 is 0. The molecule has 0 aliphatic carbocycles. The molecule has 1 aliphatic heterocycles. The highest BCUT2D eigenvalue weighted by Crippen LogP contribution is 2.22. The van der Waals surface area contributed by atoms with Crippen LogP contribution in [0.25, 0.3) is 10.9 Å². The predicted octanol–water partition coefficient (Wildman–Crippen LogP) is 2.56. The number of para-hydroxylation sites is 1. The van der Waals surface area contributed by atoms with Crippen LogP contribution < -0.4 is 10.6 Å². The minimum atomic E-state index is 0.0926. The van der Waals surface area contributed by atoms with Crippen molar-refractivity contribution in [3.8, 4) is 0 Å². The summed E-state index contributed by atoms with van der Waals surface area (Å²) in [5.74, 6) is 0.592. The normalized spacial score (nSPS) is 16.2. The molecule has 1 fully saturated rings. The summed E-state index contributed by atoms with van der Waals surface area (Å²) in [4.78, 5) is 16.5. The zero-order valence-corrected chi connectivity index (χ0v) is 11.4. The van der Waals surface area contributed by atoms with Crippen molar-refractivity contribution in [2.24, 2.45) is 5.92 Å². The number of aromatic nitrogens is 1. The third-order valence-electron chi connectivity index (χ3n) is 3.84. The van der Waals surface area contributed by atoms with Crippen molar-refractivity contribution >= 4 is 22.5 Å². The number of anilines is 1. The van der Waals surface area contributed by atoms with Gasteiger partial charge in [0, 0.05) is 18.0 Å². The number of amides is 1. The smallest absolute Gasteiger partial charge is 0.224 e. The van der Waals surface area contributed by atoms with E-state index in [1.807, 2.05) is 30.3 Å². The van der Waals surface area contributed by atoms with E-state index in [1.54, 1.807) is 6.20 Å². The fraction of sp³-hybridized carbons (Fsp3) is 0.375. The number of piperidine rings is 1. The lowest BCUT2D eigenvalue weighted by Gasteiger charge is -2.22. The number of pyridine rings is 1. The van der Waals surface area contributed by atoms with E-state index in [-0.39, 0.29) is 5.91 Å². The minimum Gasteiger partial charge on any atom is -0.324 e. The molecule has 1 amide bonds. The Morgan fingerprint density at radius 2 is 2.05 bits per heavy atom. The Hall–Kier alpha value is -1.94. The molecule has 1 saturated heterocycles. The monoisotopic (exact) mass is 269 g/mol. The molecule has 2 aromatic rings. The molecule has 0 radical (unpaired) electrons. The van der Waals surface area contributed by atoms with E-state index >= 15 is 0 Å². The van der Waals surface area contributed by atoms with Gasteiger partial charge in [0.15, 0.2) is 0 Å². The number of benzene rings is 1. The molecule has 1 aliphatic rings. The standard InChI is InChI=1S/C16H19N3O/c20-15(11-12-6-9-17-10-7-12)19-14-5-1-3-13-4-2-8-18-16(13)14/h1-5,8,12,17H,6-7,9-11H2,(H,19,20). The van der Waals surface area contributed by atoms with Crippen LogP contribution >= 0.6 is 0 Å². The van der Waals surface area contributed by atoms with Gasteiger partial charge in [0.05, 0.1) is 11.2 Å². The number of nitrogens with zero attached hydrogens (tertiary/aromatic N) is 1. The molecule has 0 saturated carbocycles. The van der Waals surface area contributed by atoms with Crippen LogP contribution in [0.1, 0.15) is 19.3 Å². The van der Waals surface area contributed by atoms with E-state index in [1.165, 1.54) is 0 Å². The fourth-order valence-electron chi connectivity index (χ4n) is 2.75. The van der Waals surface area contributed by atoms with Crippen LogP contribution in [0.5, 0.6) is 0 Å². The molecular weight excluding hydrogens is 250 g/mol. The number of carbonyl (C=O) groups excluding carboxylic acids is 1. The van der Waals surface area contributed by atoms with Crippen molar-refractivity contribution < 1.29 is 4.79 Å². The summed E-state index contributed by atoms with van der Waals surface area (Å²) in [6.07, 6.45) is 4.53. The Bertz CT molecular complexity index is 600. The number of hydrogen-bond donors (Lipinski definition) is 2. The first-order chi connectivity index (χ1) is 9.83. The van der Waals surface area contributed by atoms with Gasteiger partial charge in [0.2, 0.25) is 5.91 Å². The molecule has 0 unspecified atom stereocenters. The highest BCUT2D eigenvalue weighted by molar-refractivity contribution is 6.00. The predicted molar refractivity (Wildman–Crippen MR) is 80.6 cm³/mol. The number of nitrogens with one attached hydrogen (secondary N) is 2. The molecule has 3 rings (SSSR count). The van der Waals surface area contributed by atoms with Crippen molar-refractivity contribution in [1.82, 2.24) is 10.3 Å². The van der Waals surface area contributed by atoms with E-state index in [9.17, 15) is 4.79 Å². The molecule has 0 spiro atoms. The second-order valence-corrected chi connectivity index (χ2v) is 5.33. The Morgan fingerprint density at radius 1 is 1.25 bits per heavy atom. The number of hydrogen-bond acceptors (Lipinski definition) is 3. The van der Waals surface area contributed by atoms with Crippen LogP contribution in [0.2, 0.25) is 0 Å². The van der Waals surface area contributed by atoms with Gasteiger partial charge in [-0.15, -0.1) is 0 Å². The maximum Gasteiger partial charge on any atom is 0.224 e. The molecule has 2 N–H and O–H groups in total. The third-order valence-corrected chi connectivity index (χ3v) is 3.84. The van der Waals surface area contributed by atoms with Crippen LogP contribution in [0, 0.1) is 5.92 Å². The summed E-state index contributed by atoms with van der Waals surface area (Å²) in [7, 11) is 0. The quantitative estimate of drug-likeness (QED) is 0.900. The summed E-state index contributed by atoms with van der Waals surface area (Å²) in [5, 5.41) is 7.38. The molecule has 1 aromatic carbocycles. The van der Waals surface area contributed by atoms with Crippen LogP contribution in [-0.2, 0) is 4.79 Å². The number of rotatable bonds is 3. The second kappa shape index (κ2) is 6.01. The van der Waals surface area contributed by atoms with Gasteiger partial charge in [-0.05, 0) is 44.0 Å². The first-order valence-corrected chi connectivity index (χ1v) is 7.17. The average molecular weight is 269 g/mol. The molecule has 2 heterocycles. The summed E-state index contributed by atoms with van der Waals surface area (Å²) in [6.45, 7) is 2.04. The van der Waals surface area contributed by atoms with E-state index in [2.05, 4.69) is 15.6 Å². The van der Waals surface area contributed by atoms with E-state index < -0.39 is 0 Å². The van der Waals surface area contributed by atoms with Crippen LogP contribution in [-0.4, -0.2) is 24.0 Å². The molecule has 20 heavy (non-hydrogen) atoms. The lowest BCUT2D eigenvalue weighted by Crippen LogP contribution is -2.30. The zero-order chi connectivity index (χ0) is 13.8. The largest absolute Gasteiger partial charge is 0.324 e. The van der Waals surface area contributed by atoms with Crippen molar-refractivity contribution in [3.63, 3.8) is 0 Å². The topological polar surface area (TPSA) is 54.0 Å². The fourth-order valence-corrected chi connectivity index (χ4v) is 2.75. The third kappa shape index (κ3) is 2.96. The van der Waals surface area contributed by atoms with Gasteiger partial charge in [0.1, 0.15) is 0 Å². The van der Waals surface area contributed by atoms with Gasteiger partial charge in [0.25, 0.3) is 0 Å². The lowest BCUT2D eigenvalue weighted by atomic mass is 9.94. The maximum atomic E-state index is 12.2. The molecule has 0 bridgehead atoms. The number of carbonyl (C=O) groups is 1. The molecule has 104 valence electrons. The van der Waals surface area contributed by atoms with E-state index in [4.69, 9.17) is 0 Å². The summed E-state index contributed by atoms with van der Waals surface area (Å²) in [5.41, 5.74) is 1.66. The maximum absolute atomic E-state index is 12.2. The highest BCUT2D eigenvalue weighted by atomic mass is 16.1. The molecule has 4 nitrogen and oxygen atoms in total. The van der Waals surface area contributed by atoms with Gasteiger partial charge >= 0.3 is 0 Å². The van der Waals surface area contributed by atoms with Gasteiger partial charge in [-0.3, -0.25) is 9.78 Å². The minimum absolute atomic E-state index is 0.0926. The summed E-state index contributed by atoms with van der Waals surface area (Å²) in [6, 6.07) is 9.78. The SMILES string of the molecule is O=C(CC1CCNCC1)Nc1cccc2cccnc12. The van der Waals surface area contributed by atoms with Crippen molar-refractivity contribution in [2.75, 3.05) is 18.4 Å². The molecule has 1 aromatic heterocycles. The molecular formula is C16H19N3O. The van der Waals surface area contributed by atoms with Gasteiger partial charge < -0.3 is 10.6 Å². The van der Waals surface area contributed by atoms with Crippen molar-refractivity contribution in [1.29, 1.82) is 0 Å². The average Bonchev–Trinajstić information content (AvgIpc) is 2.48. The van der Waals surface area contributed by atoms with Crippen molar-refractivity contribution in [2.45, 2.75) is 19.3 Å². The Labute approximate surface area is 118 Å². The Balaban J connectivity index is 1.71. The van der Waals surface area contributed by atoms with Gasteiger partial charge in [-0.2, -0.15) is 0 Å². The molecule has 0 atom stereocenters. The Kier molecular flexibility index (Phi) is 3.92. The van der Waals surface area contributed by atoms with Crippen LogP contribution in [0.15, 0.2) is 36.5 Å². The summed E-state index contributed by atoms with van der Waals surface area (Å²) < 4.78 is 0. The van der Waals surface area contributed by atoms with Crippen LogP contribution in [0.3, 0.4) is 0 Å². The first kappa shape index (κ1) is 13.1. The first-order valence-electron chi connectivity index (χ1n) is 7.17. The zero-order valence-electron chi connectivity index (χ0n) is 11.4. The Morgan fingerprint density at radius 3 is 2.90 bits per heavy atom. The second-order valence-electron chi connectivity index (χ2n) is 5.33. The van der Waals surface area contributed by atoms with Gasteiger partial charge in [-0.25, -0.2) is 0 Å². The molecule has 4 heteroatoms. The van der Waals surface area contributed by atoms with Crippen molar-refractivity contribution in [3.05, 3.63) is 36.5 Å². The lowest BCUT2D eigenvalue weighted by molar-refractivity contribution is -0.117. The number of fused-ring (bicyclic) bond motifs is 1. The highest BCUT2D eigenvalue weighted by Gasteiger charge is 2.17.